The highest BCUT2D eigenvalue weighted by atomic mass is 79.9. The normalized spacial score (nSPS) is 9.82. The van der Waals surface area contributed by atoms with Gasteiger partial charge >= 0.3 is 0 Å². The number of rotatable bonds is 1. The summed E-state index contributed by atoms with van der Waals surface area (Å²) in [6.07, 6.45) is 2.44. The molecule has 0 saturated heterocycles. The van der Waals surface area contributed by atoms with Crippen LogP contribution in [0, 0.1) is 0 Å². The van der Waals surface area contributed by atoms with Gasteiger partial charge in [-0.2, -0.15) is 11.3 Å². The predicted molar refractivity (Wildman–Crippen MR) is 53.1 cm³/mol. The van der Waals surface area contributed by atoms with Gasteiger partial charge in [-0.05, 0) is 33.6 Å². The molecular weight excluding hydrogens is 224 g/mol. The summed E-state index contributed by atoms with van der Waals surface area (Å²) in [5.41, 5.74) is 0. The molecule has 11 heavy (non-hydrogen) atoms. The fourth-order valence-corrected chi connectivity index (χ4v) is 0.748. The van der Waals surface area contributed by atoms with E-state index in [0.717, 1.165) is 6.29 Å². The van der Waals surface area contributed by atoms with Gasteiger partial charge in [-0.15, -0.1) is 0 Å². The molecule has 60 valence electrons. The molecule has 0 unspecified atom stereocenters. The molecule has 0 aliphatic carbocycles. The van der Waals surface area contributed by atoms with Crippen molar-refractivity contribution in [3.05, 3.63) is 33.5 Å². The van der Waals surface area contributed by atoms with E-state index >= 15 is 0 Å². The third kappa shape index (κ3) is 7.49. The summed E-state index contributed by atoms with van der Waals surface area (Å²) < 4.78 is 0.600. The van der Waals surface area contributed by atoms with Gasteiger partial charge in [0.25, 0.3) is 0 Å². The van der Waals surface area contributed by atoms with Crippen molar-refractivity contribution in [2.45, 2.75) is 6.92 Å². The number of aldehydes is 1. The maximum atomic E-state index is 9.62. The van der Waals surface area contributed by atoms with Gasteiger partial charge in [-0.1, -0.05) is 18.2 Å². The Hall–Kier alpha value is -0.410. The van der Waals surface area contributed by atoms with Crippen LogP contribution in [-0.4, -0.2) is 6.29 Å². The third-order valence-electron chi connectivity index (χ3n) is 0.814. The molecular formula is C8H9BrOS. The first kappa shape index (κ1) is 10.6. The molecule has 1 heterocycles. The zero-order valence-electron chi connectivity index (χ0n) is 6.16. The molecule has 0 atom stereocenters. The van der Waals surface area contributed by atoms with Gasteiger partial charge in [0.05, 0.1) is 4.48 Å². The van der Waals surface area contributed by atoms with Crippen molar-refractivity contribution in [1.29, 1.82) is 0 Å². The molecule has 1 rings (SSSR count). The number of hydrogen-bond acceptors (Lipinski definition) is 2. The van der Waals surface area contributed by atoms with E-state index < -0.39 is 0 Å². The molecule has 0 bridgehead atoms. The first-order chi connectivity index (χ1) is 5.31. The van der Waals surface area contributed by atoms with Gasteiger partial charge < -0.3 is 0 Å². The highest BCUT2D eigenvalue weighted by molar-refractivity contribution is 9.12. The molecule has 0 fully saturated rings. The summed E-state index contributed by atoms with van der Waals surface area (Å²) in [5.74, 6) is 0. The van der Waals surface area contributed by atoms with E-state index in [2.05, 4.69) is 15.9 Å². The Bertz CT molecular complexity index is 187. The fraction of sp³-hybridized carbons (Fsp3) is 0.125. The van der Waals surface area contributed by atoms with Crippen molar-refractivity contribution in [1.82, 2.24) is 0 Å². The number of allylic oxidation sites excluding steroid dienone is 2. The van der Waals surface area contributed by atoms with E-state index in [1.807, 2.05) is 22.9 Å². The SMILES string of the molecule is C/C=C(\Br)C=O.c1ccsc1. The van der Waals surface area contributed by atoms with Gasteiger partial charge in [0.1, 0.15) is 0 Å². The topological polar surface area (TPSA) is 17.1 Å². The van der Waals surface area contributed by atoms with Crippen LogP contribution in [0.25, 0.3) is 0 Å². The van der Waals surface area contributed by atoms with Crippen molar-refractivity contribution in [2.24, 2.45) is 0 Å². The second-order valence-corrected chi connectivity index (χ2v) is 3.32. The molecule has 1 nitrogen and oxygen atoms in total. The minimum atomic E-state index is 0.600. The standard InChI is InChI=1S/C4H5BrO.C4H4S/c1-2-4(5)3-6;1-2-4-5-3-1/h2-3H,1H3;1-4H/b4-2-;. The average Bonchev–Trinajstić information content (AvgIpc) is 2.60. The van der Waals surface area contributed by atoms with E-state index in [1.54, 1.807) is 24.3 Å². The Kier molecular flexibility index (Phi) is 7.41. The summed E-state index contributed by atoms with van der Waals surface area (Å²) in [7, 11) is 0. The first-order valence-corrected chi connectivity index (χ1v) is 4.79. The summed E-state index contributed by atoms with van der Waals surface area (Å²) >= 11 is 4.68. The fourth-order valence-electron chi connectivity index (χ4n) is 0.295. The summed E-state index contributed by atoms with van der Waals surface area (Å²) in [4.78, 5) is 9.62. The Balaban J connectivity index is 0.000000183. The maximum Gasteiger partial charge on any atom is 0.156 e. The first-order valence-electron chi connectivity index (χ1n) is 3.05. The average molecular weight is 233 g/mol. The largest absolute Gasteiger partial charge is 0.297 e. The maximum absolute atomic E-state index is 9.62. The number of halogens is 1. The van der Waals surface area contributed by atoms with Crippen LogP contribution in [0.3, 0.4) is 0 Å². The molecule has 0 amide bonds. The number of carbonyl (C=O) groups excluding carboxylic acids is 1. The van der Waals surface area contributed by atoms with Crippen LogP contribution in [0.2, 0.25) is 0 Å². The Morgan fingerprint density at radius 2 is 2.00 bits per heavy atom. The van der Waals surface area contributed by atoms with Gasteiger partial charge in [-0.3, -0.25) is 4.79 Å². The molecule has 0 spiro atoms. The molecule has 0 saturated carbocycles. The molecule has 0 N–H and O–H groups in total. The number of hydrogen-bond donors (Lipinski definition) is 0. The molecule has 1 aromatic rings. The Morgan fingerprint density at radius 1 is 1.45 bits per heavy atom. The van der Waals surface area contributed by atoms with Crippen LogP contribution in [0.1, 0.15) is 6.92 Å². The smallest absolute Gasteiger partial charge is 0.156 e. The quantitative estimate of drug-likeness (QED) is 0.537. The zero-order valence-corrected chi connectivity index (χ0v) is 8.56. The highest BCUT2D eigenvalue weighted by Gasteiger charge is 1.75. The van der Waals surface area contributed by atoms with Gasteiger partial charge in [0, 0.05) is 0 Å². The zero-order chi connectivity index (χ0) is 8.53. The molecule has 0 aliphatic rings. The van der Waals surface area contributed by atoms with E-state index in [-0.39, 0.29) is 0 Å². The molecule has 0 radical (unpaired) electrons. The lowest BCUT2D eigenvalue weighted by molar-refractivity contribution is -0.104. The van der Waals surface area contributed by atoms with Gasteiger partial charge in [0.15, 0.2) is 6.29 Å². The van der Waals surface area contributed by atoms with Crippen LogP contribution in [0.15, 0.2) is 33.5 Å². The molecule has 0 aromatic carbocycles. The molecule has 1 aromatic heterocycles. The molecule has 3 heteroatoms. The highest BCUT2D eigenvalue weighted by Crippen LogP contribution is 1.96. The monoisotopic (exact) mass is 232 g/mol. The second kappa shape index (κ2) is 7.69. The lowest BCUT2D eigenvalue weighted by Gasteiger charge is -1.70. The Labute approximate surface area is 78.9 Å². The van der Waals surface area contributed by atoms with Crippen molar-refractivity contribution < 1.29 is 4.79 Å². The van der Waals surface area contributed by atoms with Crippen LogP contribution in [0.4, 0.5) is 0 Å². The van der Waals surface area contributed by atoms with Crippen LogP contribution < -0.4 is 0 Å². The third-order valence-corrected chi connectivity index (χ3v) is 2.09. The van der Waals surface area contributed by atoms with Crippen LogP contribution >= 0.6 is 27.3 Å². The van der Waals surface area contributed by atoms with E-state index in [1.165, 1.54) is 0 Å². The minimum absolute atomic E-state index is 0.600. The van der Waals surface area contributed by atoms with E-state index in [4.69, 9.17) is 0 Å². The summed E-state index contributed by atoms with van der Waals surface area (Å²) in [6.45, 7) is 1.79. The lowest BCUT2D eigenvalue weighted by atomic mass is 10.6. The minimum Gasteiger partial charge on any atom is -0.297 e. The predicted octanol–water partition coefficient (Wildman–Crippen LogP) is 3.23. The van der Waals surface area contributed by atoms with Crippen molar-refractivity contribution in [2.75, 3.05) is 0 Å². The molecule has 0 aliphatic heterocycles. The van der Waals surface area contributed by atoms with Crippen LogP contribution in [-0.2, 0) is 4.79 Å². The van der Waals surface area contributed by atoms with E-state index in [0.29, 0.717) is 4.48 Å². The van der Waals surface area contributed by atoms with Crippen molar-refractivity contribution in [3.63, 3.8) is 0 Å². The van der Waals surface area contributed by atoms with Crippen LogP contribution in [0.5, 0.6) is 0 Å². The summed E-state index contributed by atoms with van der Waals surface area (Å²) in [6, 6.07) is 4.04. The van der Waals surface area contributed by atoms with Crippen molar-refractivity contribution >= 4 is 33.6 Å². The number of carbonyl (C=O) groups is 1. The number of thiophene rings is 1. The van der Waals surface area contributed by atoms with Gasteiger partial charge in [-0.25, -0.2) is 0 Å². The van der Waals surface area contributed by atoms with E-state index in [9.17, 15) is 4.79 Å². The summed E-state index contributed by atoms with van der Waals surface area (Å²) in [5, 5.41) is 4.08. The Morgan fingerprint density at radius 3 is 2.09 bits per heavy atom. The lowest BCUT2D eigenvalue weighted by Crippen LogP contribution is -1.63. The van der Waals surface area contributed by atoms with Gasteiger partial charge in [0.2, 0.25) is 0 Å². The second-order valence-electron chi connectivity index (χ2n) is 1.58. The van der Waals surface area contributed by atoms with Crippen molar-refractivity contribution in [3.8, 4) is 0 Å².